The molecular weight excluding hydrogens is 228 g/mol. The maximum atomic E-state index is 11.6. The lowest BCUT2D eigenvalue weighted by atomic mass is 10.3. The molecule has 2 fully saturated rings. The molecule has 1 saturated carbocycles. The summed E-state index contributed by atoms with van der Waals surface area (Å²) in [6.45, 7) is 11.5. The SMILES string of the molecule is CC.CCCOC(=O)N1CCN(CC2CC2)CC1. The summed E-state index contributed by atoms with van der Waals surface area (Å²) in [5.41, 5.74) is 0. The van der Waals surface area contributed by atoms with E-state index in [0.717, 1.165) is 38.5 Å². The van der Waals surface area contributed by atoms with E-state index in [4.69, 9.17) is 4.74 Å². The third-order valence-electron chi connectivity index (χ3n) is 3.27. The number of amides is 1. The maximum absolute atomic E-state index is 11.6. The van der Waals surface area contributed by atoms with Gasteiger partial charge in [0.25, 0.3) is 0 Å². The minimum absolute atomic E-state index is 0.132. The third kappa shape index (κ3) is 5.25. The number of ether oxygens (including phenoxy) is 1. The van der Waals surface area contributed by atoms with Gasteiger partial charge >= 0.3 is 6.09 Å². The molecule has 0 radical (unpaired) electrons. The van der Waals surface area contributed by atoms with Crippen molar-refractivity contribution in [1.82, 2.24) is 9.80 Å². The van der Waals surface area contributed by atoms with E-state index in [2.05, 4.69) is 4.90 Å². The molecule has 1 aliphatic carbocycles. The first-order valence-electron chi connectivity index (χ1n) is 7.43. The van der Waals surface area contributed by atoms with E-state index in [1.807, 2.05) is 25.7 Å². The topological polar surface area (TPSA) is 32.8 Å². The summed E-state index contributed by atoms with van der Waals surface area (Å²) in [6, 6.07) is 0. The first kappa shape index (κ1) is 15.3. The molecule has 1 amide bonds. The number of piperazine rings is 1. The van der Waals surface area contributed by atoms with E-state index in [9.17, 15) is 4.79 Å². The molecule has 4 nitrogen and oxygen atoms in total. The lowest BCUT2D eigenvalue weighted by molar-refractivity contribution is 0.0753. The largest absolute Gasteiger partial charge is 0.449 e. The van der Waals surface area contributed by atoms with Gasteiger partial charge in [0.15, 0.2) is 0 Å². The van der Waals surface area contributed by atoms with Crippen LogP contribution in [-0.2, 0) is 4.74 Å². The Labute approximate surface area is 111 Å². The van der Waals surface area contributed by atoms with Crippen molar-refractivity contribution in [3.8, 4) is 0 Å². The van der Waals surface area contributed by atoms with Crippen LogP contribution in [0.15, 0.2) is 0 Å². The third-order valence-corrected chi connectivity index (χ3v) is 3.27. The predicted octanol–water partition coefficient (Wildman–Crippen LogP) is 2.59. The van der Waals surface area contributed by atoms with Crippen LogP contribution in [-0.4, -0.2) is 55.2 Å². The minimum atomic E-state index is -0.132. The highest BCUT2D eigenvalue weighted by atomic mass is 16.6. The first-order valence-corrected chi connectivity index (χ1v) is 7.43. The molecular formula is C14H28N2O2. The molecule has 2 aliphatic rings. The predicted molar refractivity (Wildman–Crippen MR) is 73.7 cm³/mol. The Morgan fingerprint density at radius 2 is 1.78 bits per heavy atom. The minimum Gasteiger partial charge on any atom is -0.449 e. The van der Waals surface area contributed by atoms with Crippen LogP contribution in [0.4, 0.5) is 4.79 Å². The van der Waals surface area contributed by atoms with Crippen LogP contribution in [0, 0.1) is 5.92 Å². The number of carbonyl (C=O) groups is 1. The van der Waals surface area contributed by atoms with Crippen LogP contribution in [0.3, 0.4) is 0 Å². The summed E-state index contributed by atoms with van der Waals surface area (Å²) in [5, 5.41) is 0. The lowest BCUT2D eigenvalue weighted by Crippen LogP contribution is -2.49. The van der Waals surface area contributed by atoms with E-state index in [1.165, 1.54) is 19.4 Å². The standard InChI is InChI=1S/C12H22N2O2.C2H6/c1-2-9-16-12(15)14-7-5-13(6-8-14)10-11-3-4-11;1-2/h11H,2-10H2,1H3;1-2H3. The number of nitrogens with zero attached hydrogens (tertiary/aromatic N) is 2. The quantitative estimate of drug-likeness (QED) is 0.775. The molecule has 0 unspecified atom stereocenters. The van der Waals surface area contributed by atoms with Crippen LogP contribution in [0.5, 0.6) is 0 Å². The van der Waals surface area contributed by atoms with Gasteiger partial charge in [0, 0.05) is 32.7 Å². The van der Waals surface area contributed by atoms with Crippen molar-refractivity contribution in [2.45, 2.75) is 40.0 Å². The number of hydrogen-bond acceptors (Lipinski definition) is 3. The maximum Gasteiger partial charge on any atom is 0.409 e. The van der Waals surface area contributed by atoms with Gasteiger partial charge in [0.2, 0.25) is 0 Å². The molecule has 0 aromatic heterocycles. The molecule has 1 aliphatic heterocycles. The summed E-state index contributed by atoms with van der Waals surface area (Å²) in [4.78, 5) is 15.9. The van der Waals surface area contributed by atoms with Crippen molar-refractivity contribution >= 4 is 6.09 Å². The highest BCUT2D eigenvalue weighted by molar-refractivity contribution is 5.67. The Hall–Kier alpha value is -0.770. The number of rotatable bonds is 4. The zero-order chi connectivity index (χ0) is 13.4. The van der Waals surface area contributed by atoms with Gasteiger partial charge in [-0.3, -0.25) is 4.90 Å². The Balaban J connectivity index is 0.000000771. The number of carbonyl (C=O) groups excluding carboxylic acids is 1. The van der Waals surface area contributed by atoms with Gasteiger partial charge in [-0.1, -0.05) is 20.8 Å². The lowest BCUT2D eigenvalue weighted by Gasteiger charge is -2.34. The fourth-order valence-corrected chi connectivity index (χ4v) is 2.06. The highest BCUT2D eigenvalue weighted by Gasteiger charge is 2.27. The van der Waals surface area contributed by atoms with Gasteiger partial charge in [-0.25, -0.2) is 4.79 Å². The summed E-state index contributed by atoms with van der Waals surface area (Å²) in [7, 11) is 0. The molecule has 0 bridgehead atoms. The van der Waals surface area contributed by atoms with E-state index in [1.54, 1.807) is 0 Å². The smallest absolute Gasteiger partial charge is 0.409 e. The molecule has 1 saturated heterocycles. The highest BCUT2D eigenvalue weighted by Crippen LogP contribution is 2.29. The molecule has 0 spiro atoms. The van der Waals surface area contributed by atoms with Gasteiger partial charge < -0.3 is 9.64 Å². The molecule has 2 rings (SSSR count). The van der Waals surface area contributed by atoms with Gasteiger partial charge in [-0.15, -0.1) is 0 Å². The van der Waals surface area contributed by atoms with Gasteiger partial charge in [0.05, 0.1) is 6.61 Å². The Bertz CT molecular complexity index is 234. The van der Waals surface area contributed by atoms with Crippen LogP contribution >= 0.6 is 0 Å². The fourth-order valence-electron chi connectivity index (χ4n) is 2.06. The van der Waals surface area contributed by atoms with Crippen molar-refractivity contribution in [2.75, 3.05) is 39.3 Å². The molecule has 18 heavy (non-hydrogen) atoms. The zero-order valence-electron chi connectivity index (χ0n) is 12.2. The monoisotopic (exact) mass is 256 g/mol. The first-order chi connectivity index (χ1) is 8.79. The molecule has 0 atom stereocenters. The average Bonchev–Trinajstić information content (AvgIpc) is 3.23. The van der Waals surface area contributed by atoms with Gasteiger partial charge in [0.1, 0.15) is 0 Å². The second-order valence-electron chi connectivity index (χ2n) is 4.85. The van der Waals surface area contributed by atoms with E-state index >= 15 is 0 Å². The zero-order valence-corrected chi connectivity index (χ0v) is 12.2. The summed E-state index contributed by atoms with van der Waals surface area (Å²) in [5.74, 6) is 0.943. The van der Waals surface area contributed by atoms with Crippen molar-refractivity contribution in [3.63, 3.8) is 0 Å². The van der Waals surface area contributed by atoms with Gasteiger partial charge in [-0.05, 0) is 25.2 Å². The van der Waals surface area contributed by atoms with E-state index in [-0.39, 0.29) is 6.09 Å². The van der Waals surface area contributed by atoms with Crippen molar-refractivity contribution in [1.29, 1.82) is 0 Å². The van der Waals surface area contributed by atoms with Crippen molar-refractivity contribution < 1.29 is 9.53 Å². The normalized spacial score (nSPS) is 20.1. The Morgan fingerprint density at radius 3 is 2.28 bits per heavy atom. The molecule has 1 heterocycles. The van der Waals surface area contributed by atoms with Crippen LogP contribution in [0.25, 0.3) is 0 Å². The van der Waals surface area contributed by atoms with Crippen molar-refractivity contribution in [3.05, 3.63) is 0 Å². The molecule has 0 aromatic carbocycles. The second-order valence-corrected chi connectivity index (χ2v) is 4.85. The Morgan fingerprint density at radius 1 is 1.17 bits per heavy atom. The molecule has 106 valence electrons. The molecule has 0 aromatic rings. The Kier molecular flexibility index (Phi) is 7.09. The van der Waals surface area contributed by atoms with Crippen LogP contribution < -0.4 is 0 Å². The summed E-state index contributed by atoms with van der Waals surface area (Å²) < 4.78 is 5.13. The van der Waals surface area contributed by atoms with E-state index < -0.39 is 0 Å². The summed E-state index contributed by atoms with van der Waals surface area (Å²) in [6.07, 6.45) is 3.57. The van der Waals surface area contributed by atoms with Crippen molar-refractivity contribution in [2.24, 2.45) is 5.92 Å². The summed E-state index contributed by atoms with van der Waals surface area (Å²) >= 11 is 0. The van der Waals surface area contributed by atoms with Crippen LogP contribution in [0.2, 0.25) is 0 Å². The van der Waals surface area contributed by atoms with Gasteiger partial charge in [-0.2, -0.15) is 0 Å². The fraction of sp³-hybridized carbons (Fsp3) is 0.929. The molecule has 4 heteroatoms. The number of hydrogen-bond donors (Lipinski definition) is 0. The van der Waals surface area contributed by atoms with Crippen LogP contribution in [0.1, 0.15) is 40.0 Å². The van der Waals surface area contributed by atoms with E-state index in [0.29, 0.717) is 6.61 Å². The second kappa shape index (κ2) is 8.35. The molecule has 0 N–H and O–H groups in total. The average molecular weight is 256 g/mol.